The average molecular weight is 442 g/mol. The number of carbonyl (C=O) groups excluding carboxylic acids is 1. The molecule has 2 heterocycles. The van der Waals surface area contributed by atoms with E-state index in [2.05, 4.69) is 4.98 Å². The number of rotatable bonds is 4. The highest BCUT2D eigenvalue weighted by Crippen LogP contribution is 2.43. The first-order valence-electron chi connectivity index (χ1n) is 10.4. The molecule has 1 unspecified atom stereocenters. The van der Waals surface area contributed by atoms with Crippen molar-refractivity contribution < 1.29 is 19.8 Å². The zero-order valence-electron chi connectivity index (χ0n) is 18.1. The number of aliphatic hydroxyl groups is 1. The molecule has 3 aromatic carbocycles. The third-order valence-electron chi connectivity index (χ3n) is 6.20. The summed E-state index contributed by atoms with van der Waals surface area (Å²) in [5.74, 6) is -0.00458. The highest BCUT2D eigenvalue weighted by molar-refractivity contribution is 6.00. The first-order valence-corrected chi connectivity index (χ1v) is 10.4. The van der Waals surface area contributed by atoms with Crippen LogP contribution in [-0.2, 0) is 19.3 Å². The number of imidazole rings is 1. The van der Waals surface area contributed by atoms with Crippen LogP contribution >= 0.6 is 0 Å². The van der Waals surface area contributed by atoms with Gasteiger partial charge in [-0.2, -0.15) is 0 Å². The van der Waals surface area contributed by atoms with Gasteiger partial charge in [-0.25, -0.2) is 9.78 Å². The highest BCUT2D eigenvalue weighted by atomic mass is 16.4. The van der Waals surface area contributed by atoms with Gasteiger partial charge in [-0.1, -0.05) is 54.6 Å². The first-order chi connectivity index (χ1) is 15.8. The van der Waals surface area contributed by atoms with E-state index in [1.807, 2.05) is 30.3 Å². The molecule has 0 saturated carbocycles. The van der Waals surface area contributed by atoms with E-state index in [-0.39, 0.29) is 18.4 Å². The normalized spacial score (nSPS) is 17.4. The number of aromatic nitrogens is 2. The number of aryl methyl sites for hydroxylation is 1. The van der Waals surface area contributed by atoms with Gasteiger partial charge in [-0.05, 0) is 23.8 Å². The Morgan fingerprint density at radius 1 is 1.06 bits per heavy atom. The van der Waals surface area contributed by atoms with Gasteiger partial charge in [0.1, 0.15) is 0 Å². The summed E-state index contributed by atoms with van der Waals surface area (Å²) in [6.45, 7) is 0.220. The summed E-state index contributed by atoms with van der Waals surface area (Å²) in [7, 11) is 3.15. The van der Waals surface area contributed by atoms with Crippen LogP contribution in [0, 0.1) is 0 Å². The zero-order chi connectivity index (χ0) is 23.3. The average Bonchev–Trinajstić information content (AvgIpc) is 3.27. The van der Waals surface area contributed by atoms with Gasteiger partial charge >= 0.3 is 6.09 Å². The molecule has 0 aliphatic carbocycles. The zero-order valence-corrected chi connectivity index (χ0v) is 18.1. The summed E-state index contributed by atoms with van der Waals surface area (Å²) in [6.07, 6.45) is -1.13. The van der Waals surface area contributed by atoms with Gasteiger partial charge in [-0.15, -0.1) is 0 Å². The van der Waals surface area contributed by atoms with Crippen LogP contribution in [0.3, 0.4) is 0 Å². The second-order valence-electron chi connectivity index (χ2n) is 8.11. The molecule has 8 nitrogen and oxygen atoms in total. The number of amides is 2. The van der Waals surface area contributed by atoms with Gasteiger partial charge in [0.25, 0.3) is 5.91 Å². The van der Waals surface area contributed by atoms with Crippen molar-refractivity contribution in [2.75, 3.05) is 11.9 Å². The van der Waals surface area contributed by atoms with Gasteiger partial charge in [0, 0.05) is 37.3 Å². The van der Waals surface area contributed by atoms with Crippen molar-refractivity contribution in [3.63, 3.8) is 0 Å². The molecule has 2 amide bonds. The van der Waals surface area contributed by atoms with E-state index in [4.69, 9.17) is 0 Å². The van der Waals surface area contributed by atoms with Gasteiger partial charge < -0.3 is 14.8 Å². The molecule has 1 aliphatic rings. The number of fused-ring (bicyclic) bond motifs is 2. The molecule has 2 N–H and O–H groups in total. The van der Waals surface area contributed by atoms with Gasteiger partial charge in [0.15, 0.2) is 5.72 Å². The molecular weight excluding hydrogens is 420 g/mol. The fourth-order valence-electron chi connectivity index (χ4n) is 4.46. The van der Waals surface area contributed by atoms with E-state index in [9.17, 15) is 19.8 Å². The highest BCUT2D eigenvalue weighted by Gasteiger charge is 2.49. The molecule has 0 spiro atoms. The molecule has 0 fully saturated rings. The van der Waals surface area contributed by atoms with E-state index in [0.29, 0.717) is 27.7 Å². The number of nitrogens with zero attached hydrogens (tertiary/aromatic N) is 4. The van der Waals surface area contributed by atoms with Crippen molar-refractivity contribution in [2.45, 2.75) is 12.3 Å². The molecule has 4 aromatic rings. The van der Waals surface area contributed by atoms with Crippen molar-refractivity contribution in [2.24, 2.45) is 7.05 Å². The molecular formula is C25H22N4O4. The Labute approximate surface area is 189 Å². The smallest absolute Gasteiger partial charge is 0.413 e. The lowest BCUT2D eigenvalue weighted by Crippen LogP contribution is -2.44. The SMILES string of the molecule is CN(C(=O)O)c1nc2cc(C3(O)c4ccccc4C(=O)N3Cc3ccccc3)ccc2n1C. The number of benzene rings is 3. The van der Waals surface area contributed by atoms with Crippen LogP contribution in [0.25, 0.3) is 11.0 Å². The van der Waals surface area contributed by atoms with Crippen LogP contribution in [0.4, 0.5) is 10.7 Å². The molecule has 0 bridgehead atoms. The van der Waals surface area contributed by atoms with Crippen LogP contribution in [0.15, 0.2) is 72.8 Å². The maximum absolute atomic E-state index is 13.4. The monoisotopic (exact) mass is 442 g/mol. The fraction of sp³-hybridized carbons (Fsp3) is 0.160. The van der Waals surface area contributed by atoms with Gasteiger partial charge in [0.05, 0.1) is 11.0 Å². The lowest BCUT2D eigenvalue weighted by molar-refractivity contribution is -0.0542. The Bertz CT molecular complexity index is 1400. The summed E-state index contributed by atoms with van der Waals surface area (Å²) < 4.78 is 1.67. The lowest BCUT2D eigenvalue weighted by atomic mass is 9.93. The number of hydrogen-bond acceptors (Lipinski definition) is 4. The summed E-state index contributed by atoms with van der Waals surface area (Å²) in [5, 5.41) is 21.5. The quantitative estimate of drug-likeness (QED) is 0.504. The molecule has 166 valence electrons. The van der Waals surface area contributed by atoms with Crippen LogP contribution in [0.5, 0.6) is 0 Å². The van der Waals surface area contributed by atoms with E-state index in [1.54, 1.807) is 54.1 Å². The van der Waals surface area contributed by atoms with E-state index >= 15 is 0 Å². The number of hydrogen-bond donors (Lipinski definition) is 2. The summed E-state index contributed by atoms with van der Waals surface area (Å²) in [5.41, 5.74) is 1.84. The lowest BCUT2D eigenvalue weighted by Gasteiger charge is -2.35. The summed E-state index contributed by atoms with van der Waals surface area (Å²) in [4.78, 5) is 31.8. The largest absolute Gasteiger partial charge is 0.465 e. The maximum atomic E-state index is 13.4. The molecule has 0 radical (unpaired) electrons. The Kier molecular flexibility index (Phi) is 4.68. The molecule has 1 aromatic heterocycles. The third-order valence-corrected chi connectivity index (χ3v) is 6.20. The second kappa shape index (κ2) is 7.46. The Hall–Kier alpha value is -4.17. The fourth-order valence-corrected chi connectivity index (χ4v) is 4.46. The molecule has 0 saturated heterocycles. The minimum absolute atomic E-state index is 0.220. The summed E-state index contributed by atoms with van der Waals surface area (Å²) >= 11 is 0. The Balaban J connectivity index is 1.67. The minimum atomic E-state index is -1.70. The van der Waals surface area contributed by atoms with Gasteiger partial charge in [0.2, 0.25) is 5.95 Å². The van der Waals surface area contributed by atoms with Crippen molar-refractivity contribution in [1.29, 1.82) is 0 Å². The van der Waals surface area contributed by atoms with Gasteiger partial charge in [-0.3, -0.25) is 14.6 Å². The van der Waals surface area contributed by atoms with E-state index in [1.165, 1.54) is 11.9 Å². The van der Waals surface area contributed by atoms with Crippen molar-refractivity contribution in [3.05, 3.63) is 95.1 Å². The van der Waals surface area contributed by atoms with Crippen molar-refractivity contribution in [3.8, 4) is 0 Å². The topological polar surface area (TPSA) is 98.9 Å². The molecule has 5 rings (SSSR count). The first kappa shape index (κ1) is 20.7. The Morgan fingerprint density at radius 3 is 2.48 bits per heavy atom. The molecule has 1 aliphatic heterocycles. The molecule has 33 heavy (non-hydrogen) atoms. The van der Waals surface area contributed by atoms with Crippen LogP contribution in [0.1, 0.15) is 27.0 Å². The van der Waals surface area contributed by atoms with Crippen molar-refractivity contribution in [1.82, 2.24) is 14.5 Å². The van der Waals surface area contributed by atoms with Crippen molar-refractivity contribution >= 4 is 29.0 Å². The second-order valence-corrected chi connectivity index (χ2v) is 8.11. The van der Waals surface area contributed by atoms with E-state index in [0.717, 1.165) is 10.5 Å². The predicted molar refractivity (Wildman–Crippen MR) is 123 cm³/mol. The van der Waals surface area contributed by atoms with E-state index < -0.39 is 11.8 Å². The maximum Gasteiger partial charge on any atom is 0.413 e. The van der Waals surface area contributed by atoms with Crippen LogP contribution < -0.4 is 4.90 Å². The Morgan fingerprint density at radius 2 is 1.76 bits per heavy atom. The summed E-state index contributed by atoms with van der Waals surface area (Å²) in [6, 6.07) is 21.8. The number of carbonyl (C=O) groups is 2. The third kappa shape index (κ3) is 3.07. The van der Waals surface area contributed by atoms with Crippen LogP contribution in [0.2, 0.25) is 0 Å². The number of carboxylic acid groups (broad SMARTS) is 1. The predicted octanol–water partition coefficient (Wildman–Crippen LogP) is 3.54. The molecule has 1 atom stereocenters. The van der Waals surface area contributed by atoms with Crippen LogP contribution in [-0.4, -0.2) is 43.7 Å². The standard InChI is InChI=1S/C25H22N4O4/c1-27-21-13-12-17(14-20(21)26-23(27)28(2)24(31)32)25(33)19-11-7-6-10-18(19)22(30)29(25)15-16-8-4-3-5-9-16/h3-14,33H,15H2,1-2H3,(H,31,32). The molecule has 8 heteroatoms. The number of anilines is 1. The minimum Gasteiger partial charge on any atom is -0.465 e.